The van der Waals surface area contributed by atoms with Gasteiger partial charge in [0.2, 0.25) is 10.0 Å². The van der Waals surface area contributed by atoms with Crippen molar-refractivity contribution in [2.75, 3.05) is 30.3 Å². The normalized spacial score (nSPS) is 28.7. The summed E-state index contributed by atoms with van der Waals surface area (Å²) >= 11 is 6.38. The SMILES string of the molecule is C=C[C@H](O)[C@@H]1CC[C@H]1CN1C[C@@]2(CCCc3cc(Cl)ccc32)COc2ccc(C(=O)NS(=O)(=O)CC3CC3/C=C/C)cc21. The molecule has 6 rings (SSSR count). The number of carbonyl (C=O) groups excluding carboxylic acids is 1. The zero-order valence-electron chi connectivity index (χ0n) is 24.7. The van der Waals surface area contributed by atoms with Crippen LogP contribution in [0.1, 0.15) is 60.5 Å². The second kappa shape index (κ2) is 11.9. The number of carbonyl (C=O) groups is 1. The number of hydrogen-bond donors (Lipinski definition) is 2. The van der Waals surface area contributed by atoms with Crippen molar-refractivity contribution in [1.29, 1.82) is 0 Å². The van der Waals surface area contributed by atoms with Gasteiger partial charge < -0.3 is 14.7 Å². The molecule has 2 fully saturated rings. The van der Waals surface area contributed by atoms with Gasteiger partial charge in [0.1, 0.15) is 5.75 Å². The van der Waals surface area contributed by atoms with Gasteiger partial charge in [-0.25, -0.2) is 13.1 Å². The number of allylic oxidation sites excluding steroid dienone is 2. The second-order valence-electron chi connectivity index (χ2n) is 12.9. The van der Waals surface area contributed by atoms with Crippen molar-refractivity contribution in [3.63, 3.8) is 0 Å². The Morgan fingerprint density at radius 3 is 2.84 bits per heavy atom. The molecule has 0 radical (unpaired) electrons. The summed E-state index contributed by atoms with van der Waals surface area (Å²) in [7, 11) is -3.78. The lowest BCUT2D eigenvalue weighted by atomic mass is 9.68. The van der Waals surface area contributed by atoms with E-state index in [1.807, 2.05) is 25.1 Å². The predicted molar refractivity (Wildman–Crippen MR) is 170 cm³/mol. The molecule has 4 aliphatic rings. The molecule has 1 spiro atoms. The molecular formula is C34H41ClN2O5S. The lowest BCUT2D eigenvalue weighted by Gasteiger charge is -2.45. The maximum absolute atomic E-state index is 13.3. The fraction of sp³-hybridized carbons (Fsp3) is 0.500. The Labute approximate surface area is 260 Å². The van der Waals surface area contributed by atoms with Crippen LogP contribution in [-0.4, -0.2) is 51.0 Å². The number of hydrogen-bond acceptors (Lipinski definition) is 6. The Kier molecular flexibility index (Phi) is 8.39. The first-order chi connectivity index (χ1) is 20.6. The summed E-state index contributed by atoms with van der Waals surface area (Å²) in [5.41, 5.74) is 3.27. The van der Waals surface area contributed by atoms with Crippen molar-refractivity contribution in [2.45, 2.75) is 57.0 Å². The molecule has 2 aromatic carbocycles. The van der Waals surface area contributed by atoms with Crippen LogP contribution in [-0.2, 0) is 21.9 Å². The van der Waals surface area contributed by atoms with E-state index < -0.39 is 22.0 Å². The molecular weight excluding hydrogens is 584 g/mol. The van der Waals surface area contributed by atoms with Crippen LogP contribution in [0.3, 0.4) is 0 Å². The van der Waals surface area contributed by atoms with Gasteiger partial charge in [-0.2, -0.15) is 0 Å². The van der Waals surface area contributed by atoms with Crippen LogP contribution in [0.5, 0.6) is 5.75 Å². The van der Waals surface area contributed by atoms with E-state index in [0.29, 0.717) is 25.4 Å². The summed E-state index contributed by atoms with van der Waals surface area (Å²) in [5.74, 6) is 0.668. The number of fused-ring (bicyclic) bond motifs is 3. The first-order valence-electron chi connectivity index (χ1n) is 15.4. The Morgan fingerprint density at radius 2 is 2.09 bits per heavy atom. The van der Waals surface area contributed by atoms with Crippen molar-refractivity contribution in [3.8, 4) is 5.75 Å². The zero-order chi connectivity index (χ0) is 30.4. The molecule has 2 aromatic rings. The molecule has 6 atom stereocenters. The van der Waals surface area contributed by atoms with Crippen LogP contribution >= 0.6 is 11.6 Å². The molecule has 9 heteroatoms. The summed E-state index contributed by atoms with van der Waals surface area (Å²) in [5, 5.41) is 11.3. The molecule has 1 aliphatic heterocycles. The van der Waals surface area contributed by atoms with Gasteiger partial charge in [-0.3, -0.25) is 4.79 Å². The van der Waals surface area contributed by atoms with E-state index >= 15 is 0 Å². The highest BCUT2D eigenvalue weighted by Gasteiger charge is 2.44. The van der Waals surface area contributed by atoms with E-state index in [9.17, 15) is 18.3 Å². The van der Waals surface area contributed by atoms with Crippen molar-refractivity contribution < 1.29 is 23.1 Å². The molecule has 0 aromatic heterocycles. The molecule has 1 amide bonds. The molecule has 230 valence electrons. The van der Waals surface area contributed by atoms with Gasteiger partial charge in [-0.1, -0.05) is 35.9 Å². The average molecular weight is 625 g/mol. The fourth-order valence-corrected chi connectivity index (χ4v) is 9.08. The Morgan fingerprint density at radius 1 is 1.26 bits per heavy atom. The largest absolute Gasteiger partial charge is 0.490 e. The molecule has 3 aliphatic carbocycles. The number of aliphatic hydroxyl groups excluding tert-OH is 1. The van der Waals surface area contributed by atoms with Crippen LogP contribution in [0.15, 0.2) is 61.2 Å². The van der Waals surface area contributed by atoms with Crippen LogP contribution in [0, 0.1) is 23.7 Å². The molecule has 7 nitrogen and oxygen atoms in total. The third kappa shape index (κ3) is 6.24. The van der Waals surface area contributed by atoms with E-state index in [0.717, 1.165) is 49.2 Å². The molecule has 0 bridgehead atoms. The van der Waals surface area contributed by atoms with E-state index in [1.54, 1.807) is 24.3 Å². The number of nitrogens with one attached hydrogen (secondary N) is 1. The number of amides is 1. The highest BCUT2D eigenvalue weighted by molar-refractivity contribution is 7.90. The number of halogens is 1. The zero-order valence-corrected chi connectivity index (χ0v) is 26.2. The number of nitrogens with zero attached hydrogens (tertiary/aromatic N) is 1. The number of aryl methyl sites for hydroxylation is 1. The molecule has 43 heavy (non-hydrogen) atoms. The van der Waals surface area contributed by atoms with Gasteiger partial charge in [0.05, 0.1) is 24.2 Å². The number of benzene rings is 2. The monoisotopic (exact) mass is 624 g/mol. The molecule has 1 heterocycles. The van der Waals surface area contributed by atoms with E-state index in [4.69, 9.17) is 16.3 Å². The van der Waals surface area contributed by atoms with E-state index in [1.165, 1.54) is 11.1 Å². The standard InChI is InChI=1S/C34H41ClN2O5S/c1-3-6-22-15-26(22)19-43(40,41)36-33(39)24-9-13-32-30(17-24)37(18-25-8-11-28(25)31(38)4-2)20-34(21-42-32)14-5-7-23-16-27(35)10-12-29(23)34/h3-4,6,9-10,12-13,16-17,22,25-26,28,31,38H,2,5,7-8,11,14-15,18-21H2,1H3,(H,36,39)/b6-3+/t22?,25-,26?,28+,31-,34-/m0/s1. The first-order valence-corrected chi connectivity index (χ1v) is 17.4. The van der Waals surface area contributed by atoms with Crippen molar-refractivity contribution in [1.82, 2.24) is 4.72 Å². The second-order valence-corrected chi connectivity index (χ2v) is 15.1. The van der Waals surface area contributed by atoms with Gasteiger partial charge in [-0.05, 0) is 111 Å². The Bertz CT molecular complexity index is 1540. The Balaban J connectivity index is 1.30. The van der Waals surface area contributed by atoms with Gasteiger partial charge in [0, 0.05) is 29.1 Å². The number of rotatable bonds is 9. The lowest BCUT2D eigenvalue weighted by Crippen LogP contribution is -2.49. The van der Waals surface area contributed by atoms with Gasteiger partial charge >= 0.3 is 0 Å². The smallest absolute Gasteiger partial charge is 0.264 e. The maximum Gasteiger partial charge on any atom is 0.264 e. The van der Waals surface area contributed by atoms with Gasteiger partial charge in [0.15, 0.2) is 0 Å². The highest BCUT2D eigenvalue weighted by atomic mass is 35.5. The summed E-state index contributed by atoms with van der Waals surface area (Å²) in [6.07, 6.45) is 10.7. The van der Waals surface area contributed by atoms with Crippen molar-refractivity contribution in [3.05, 3.63) is 82.9 Å². The number of anilines is 1. The number of ether oxygens (including phenoxy) is 1. The number of sulfonamides is 1. The average Bonchev–Trinajstić information content (AvgIpc) is 3.71. The van der Waals surface area contributed by atoms with Crippen molar-refractivity contribution in [2.24, 2.45) is 23.7 Å². The predicted octanol–water partition coefficient (Wildman–Crippen LogP) is 5.66. The minimum absolute atomic E-state index is 0.0446. The molecule has 2 unspecified atom stereocenters. The van der Waals surface area contributed by atoms with Crippen LogP contribution in [0.2, 0.25) is 5.02 Å². The van der Waals surface area contributed by atoms with Crippen LogP contribution < -0.4 is 14.4 Å². The molecule has 2 N–H and O–H groups in total. The number of aliphatic hydroxyl groups is 1. The summed E-state index contributed by atoms with van der Waals surface area (Å²) < 4.78 is 34.5. The van der Waals surface area contributed by atoms with Gasteiger partial charge in [0.25, 0.3) is 5.91 Å². The third-order valence-electron chi connectivity index (χ3n) is 10.0. The fourth-order valence-electron chi connectivity index (χ4n) is 7.45. The van der Waals surface area contributed by atoms with E-state index in [-0.39, 0.29) is 40.4 Å². The Hall–Kier alpha value is -2.81. The van der Waals surface area contributed by atoms with E-state index in [2.05, 4.69) is 28.3 Å². The molecule has 2 saturated carbocycles. The van der Waals surface area contributed by atoms with Crippen LogP contribution in [0.25, 0.3) is 0 Å². The summed E-state index contributed by atoms with van der Waals surface area (Å²) in [4.78, 5) is 15.6. The third-order valence-corrected chi connectivity index (χ3v) is 11.6. The van der Waals surface area contributed by atoms with Gasteiger partial charge in [-0.15, -0.1) is 6.58 Å². The lowest BCUT2D eigenvalue weighted by molar-refractivity contribution is 0.0460. The topological polar surface area (TPSA) is 95.9 Å². The quantitative estimate of drug-likeness (QED) is 0.350. The summed E-state index contributed by atoms with van der Waals surface area (Å²) in [6, 6.07) is 11.3. The first kappa shape index (κ1) is 30.2. The molecule has 0 saturated heterocycles. The van der Waals surface area contributed by atoms with Crippen LogP contribution in [0.4, 0.5) is 5.69 Å². The highest BCUT2D eigenvalue weighted by Crippen LogP contribution is 2.47. The van der Waals surface area contributed by atoms with Crippen molar-refractivity contribution >= 4 is 33.2 Å². The minimum atomic E-state index is -3.78. The maximum atomic E-state index is 13.3. The minimum Gasteiger partial charge on any atom is -0.490 e. The summed E-state index contributed by atoms with van der Waals surface area (Å²) in [6.45, 7) is 7.58.